The van der Waals surface area contributed by atoms with Crippen LogP contribution in [0.5, 0.6) is 5.75 Å². The lowest BCUT2D eigenvalue weighted by Gasteiger charge is -2.29. The fraction of sp³-hybridized carbons (Fsp3) is 0.625. The number of aryl methyl sites for hydroxylation is 1. The molecule has 2 atom stereocenters. The van der Waals surface area contributed by atoms with Gasteiger partial charge in [0.15, 0.2) is 9.84 Å². The molecule has 1 saturated carbocycles. The van der Waals surface area contributed by atoms with Crippen LogP contribution in [0.2, 0.25) is 0 Å². The smallest absolute Gasteiger partial charge is 0.153 e. The van der Waals surface area contributed by atoms with Gasteiger partial charge in [-0.2, -0.15) is 0 Å². The zero-order valence-electron chi connectivity index (χ0n) is 12.3. The van der Waals surface area contributed by atoms with Gasteiger partial charge >= 0.3 is 0 Å². The third-order valence-electron chi connectivity index (χ3n) is 4.79. The van der Waals surface area contributed by atoms with E-state index in [2.05, 4.69) is 6.07 Å². The fourth-order valence-corrected chi connectivity index (χ4v) is 5.31. The van der Waals surface area contributed by atoms with Gasteiger partial charge in [0, 0.05) is 12.7 Å². The molecule has 1 aliphatic carbocycles. The topological polar surface area (TPSA) is 63.6 Å². The number of sulfone groups is 1. The van der Waals surface area contributed by atoms with Gasteiger partial charge in [0.05, 0.1) is 17.5 Å². The number of rotatable bonds is 4. The fourth-order valence-electron chi connectivity index (χ4n) is 3.68. The lowest BCUT2D eigenvalue weighted by atomic mass is 9.92. The average Bonchev–Trinajstić information content (AvgIpc) is 3.01. The molecule has 21 heavy (non-hydrogen) atoms. The molecule has 1 fully saturated rings. The third-order valence-corrected chi connectivity index (χ3v) is 6.50. The summed E-state index contributed by atoms with van der Waals surface area (Å²) in [5.74, 6) is 0.951. The zero-order chi connectivity index (χ0) is 15.1. The summed E-state index contributed by atoms with van der Waals surface area (Å²) in [6, 6.07) is 6.11. The summed E-state index contributed by atoms with van der Waals surface area (Å²) < 4.78 is 29.2. The molecule has 116 valence electrons. The Kier molecular flexibility index (Phi) is 3.74. The summed E-state index contributed by atoms with van der Waals surface area (Å²) >= 11 is 0. The standard InChI is InChI=1S/C16H22O4S/c1-21(18,19)15-3-2-8-16(15,17)9-6-12-4-5-14-13(11-12)7-10-20-14/h4-5,11,15,17H,2-3,6-10H2,1H3. The molecule has 1 aromatic carbocycles. The maximum Gasteiger partial charge on any atom is 0.153 e. The van der Waals surface area contributed by atoms with Gasteiger partial charge in [-0.1, -0.05) is 12.1 Å². The van der Waals surface area contributed by atoms with Crippen LogP contribution in [0, 0.1) is 0 Å². The lowest BCUT2D eigenvalue weighted by Crippen LogP contribution is -2.42. The summed E-state index contributed by atoms with van der Waals surface area (Å²) in [6.45, 7) is 0.735. The van der Waals surface area contributed by atoms with Crippen molar-refractivity contribution in [1.29, 1.82) is 0 Å². The highest BCUT2D eigenvalue weighted by atomic mass is 32.2. The van der Waals surface area contributed by atoms with E-state index in [1.54, 1.807) is 0 Å². The molecule has 3 rings (SSSR count). The second kappa shape index (κ2) is 5.29. The first-order valence-corrected chi connectivity index (χ1v) is 9.50. The van der Waals surface area contributed by atoms with E-state index in [4.69, 9.17) is 4.74 Å². The van der Waals surface area contributed by atoms with E-state index in [1.165, 1.54) is 11.8 Å². The molecule has 4 nitrogen and oxygen atoms in total. The van der Waals surface area contributed by atoms with Gasteiger partial charge in [-0.3, -0.25) is 0 Å². The van der Waals surface area contributed by atoms with Crippen molar-refractivity contribution in [2.75, 3.05) is 12.9 Å². The molecule has 5 heteroatoms. The Balaban J connectivity index is 1.72. The van der Waals surface area contributed by atoms with Crippen LogP contribution in [0.3, 0.4) is 0 Å². The number of benzene rings is 1. The molecule has 0 saturated heterocycles. The molecule has 1 aromatic rings. The van der Waals surface area contributed by atoms with E-state index >= 15 is 0 Å². The van der Waals surface area contributed by atoms with Crippen LogP contribution in [0.15, 0.2) is 18.2 Å². The highest BCUT2D eigenvalue weighted by Crippen LogP contribution is 2.38. The number of aliphatic hydroxyl groups is 1. The maximum absolute atomic E-state index is 11.8. The van der Waals surface area contributed by atoms with Crippen LogP contribution in [0.1, 0.15) is 36.8 Å². The Morgan fingerprint density at radius 1 is 1.43 bits per heavy atom. The third kappa shape index (κ3) is 2.94. The Morgan fingerprint density at radius 3 is 3.00 bits per heavy atom. The Hall–Kier alpha value is -1.07. The molecular formula is C16H22O4S. The van der Waals surface area contributed by atoms with Crippen molar-refractivity contribution in [3.63, 3.8) is 0 Å². The largest absolute Gasteiger partial charge is 0.493 e. The number of ether oxygens (including phenoxy) is 1. The van der Waals surface area contributed by atoms with Gasteiger partial charge in [-0.05, 0) is 49.3 Å². The van der Waals surface area contributed by atoms with E-state index in [-0.39, 0.29) is 0 Å². The minimum absolute atomic E-state index is 0.504. The van der Waals surface area contributed by atoms with Crippen molar-refractivity contribution in [3.8, 4) is 5.75 Å². The second-order valence-electron chi connectivity index (χ2n) is 6.35. The van der Waals surface area contributed by atoms with Gasteiger partial charge in [-0.15, -0.1) is 0 Å². The van der Waals surface area contributed by atoms with Crippen molar-refractivity contribution < 1.29 is 18.3 Å². The summed E-state index contributed by atoms with van der Waals surface area (Å²) in [7, 11) is -3.19. The van der Waals surface area contributed by atoms with Gasteiger partial charge in [0.2, 0.25) is 0 Å². The Bertz CT molecular complexity index is 638. The highest BCUT2D eigenvalue weighted by molar-refractivity contribution is 7.91. The van der Waals surface area contributed by atoms with Crippen molar-refractivity contribution in [2.45, 2.75) is 49.4 Å². The molecule has 1 N–H and O–H groups in total. The molecule has 0 spiro atoms. The predicted molar refractivity (Wildman–Crippen MR) is 81.4 cm³/mol. The van der Waals surface area contributed by atoms with Crippen molar-refractivity contribution in [2.24, 2.45) is 0 Å². The molecule has 0 bridgehead atoms. The molecule has 0 radical (unpaired) electrons. The Labute approximate surface area is 126 Å². The number of hydrogen-bond donors (Lipinski definition) is 1. The van der Waals surface area contributed by atoms with Crippen LogP contribution in [-0.4, -0.2) is 37.2 Å². The van der Waals surface area contributed by atoms with Crippen molar-refractivity contribution in [3.05, 3.63) is 29.3 Å². The first kappa shape index (κ1) is 14.9. The number of fused-ring (bicyclic) bond motifs is 1. The first-order chi connectivity index (χ1) is 9.88. The maximum atomic E-state index is 11.8. The van der Waals surface area contributed by atoms with Gasteiger partial charge in [0.25, 0.3) is 0 Å². The second-order valence-corrected chi connectivity index (χ2v) is 8.58. The summed E-state index contributed by atoms with van der Waals surface area (Å²) in [5, 5.41) is 10.1. The molecule has 0 aromatic heterocycles. The van der Waals surface area contributed by atoms with Crippen LogP contribution in [0.4, 0.5) is 0 Å². The van der Waals surface area contributed by atoms with Gasteiger partial charge in [0.1, 0.15) is 5.75 Å². The predicted octanol–water partition coefficient (Wildman–Crippen LogP) is 1.88. The number of hydrogen-bond acceptors (Lipinski definition) is 4. The monoisotopic (exact) mass is 310 g/mol. The summed E-state index contributed by atoms with van der Waals surface area (Å²) in [5.41, 5.74) is 1.29. The first-order valence-electron chi connectivity index (χ1n) is 7.54. The van der Waals surface area contributed by atoms with Crippen molar-refractivity contribution in [1.82, 2.24) is 0 Å². The Morgan fingerprint density at radius 2 is 2.24 bits per heavy atom. The van der Waals surface area contributed by atoms with Crippen LogP contribution in [-0.2, 0) is 22.7 Å². The SMILES string of the molecule is CS(=O)(=O)C1CCCC1(O)CCc1ccc2c(c1)CCO2. The quantitative estimate of drug-likeness (QED) is 0.922. The molecule has 2 aliphatic rings. The molecule has 0 amide bonds. The van der Waals surface area contributed by atoms with E-state index < -0.39 is 20.7 Å². The molecule has 1 aliphatic heterocycles. The average molecular weight is 310 g/mol. The van der Waals surface area contributed by atoms with E-state index in [0.717, 1.165) is 30.8 Å². The minimum Gasteiger partial charge on any atom is -0.493 e. The minimum atomic E-state index is -3.19. The van der Waals surface area contributed by atoms with Crippen molar-refractivity contribution >= 4 is 9.84 Å². The van der Waals surface area contributed by atoms with Crippen LogP contribution in [0.25, 0.3) is 0 Å². The summed E-state index contributed by atoms with van der Waals surface area (Å²) in [4.78, 5) is 0. The lowest BCUT2D eigenvalue weighted by molar-refractivity contribution is 0.0422. The molecular weight excluding hydrogens is 288 g/mol. The van der Waals surface area contributed by atoms with Gasteiger partial charge < -0.3 is 9.84 Å². The van der Waals surface area contributed by atoms with E-state index in [0.29, 0.717) is 25.7 Å². The zero-order valence-corrected chi connectivity index (χ0v) is 13.2. The van der Waals surface area contributed by atoms with E-state index in [9.17, 15) is 13.5 Å². The highest BCUT2D eigenvalue weighted by Gasteiger charge is 2.46. The van der Waals surface area contributed by atoms with Crippen LogP contribution >= 0.6 is 0 Å². The normalized spacial score (nSPS) is 28.4. The molecule has 1 heterocycles. The van der Waals surface area contributed by atoms with E-state index in [1.807, 2.05) is 12.1 Å². The van der Waals surface area contributed by atoms with Crippen LogP contribution < -0.4 is 4.74 Å². The summed E-state index contributed by atoms with van der Waals surface area (Å²) in [6.07, 6.45) is 5.32. The van der Waals surface area contributed by atoms with Gasteiger partial charge in [-0.25, -0.2) is 8.42 Å². The molecule has 2 unspecified atom stereocenters.